The van der Waals surface area contributed by atoms with Gasteiger partial charge in [-0.3, -0.25) is 18.2 Å². The minimum Gasteiger partial charge on any atom is -0.266 e. The van der Waals surface area contributed by atoms with E-state index < -0.39 is 0 Å². The standard InChI is InChI=1S/3C9H13.Nd/c3*1-6-5-7(2)9(4)8(6)3;/h3*6H,1-4H3;/q3*-1;+3. The van der Waals surface area contributed by atoms with Gasteiger partial charge in [0.05, 0.1) is 0 Å². The Morgan fingerprint density at radius 1 is 0.429 bits per heavy atom. The summed E-state index contributed by atoms with van der Waals surface area (Å²) < 4.78 is 0. The Kier molecular flexibility index (Phi) is 11.8. The molecule has 3 rings (SSSR count). The number of hydrogen-bond donors (Lipinski definition) is 0. The first kappa shape index (κ1) is 27.8. The summed E-state index contributed by atoms with van der Waals surface area (Å²) >= 11 is 0. The maximum Gasteiger partial charge on any atom is 3.00 e. The molecule has 0 aromatic rings. The van der Waals surface area contributed by atoms with Crippen LogP contribution in [-0.4, -0.2) is 0 Å². The average Bonchev–Trinajstić information content (AvgIpc) is 3.07. The van der Waals surface area contributed by atoms with Crippen molar-refractivity contribution in [1.82, 2.24) is 0 Å². The van der Waals surface area contributed by atoms with E-state index in [4.69, 9.17) is 0 Å². The molecule has 3 unspecified atom stereocenters. The first-order valence-electron chi connectivity index (χ1n) is 10.2. The molecule has 0 N–H and O–H groups in total. The van der Waals surface area contributed by atoms with Gasteiger partial charge in [0, 0.05) is 0 Å². The fraction of sp³-hybridized carbons (Fsp3) is 0.556. The van der Waals surface area contributed by atoms with Gasteiger partial charge in [-0.15, -0.1) is 20.8 Å². The van der Waals surface area contributed by atoms with E-state index in [9.17, 15) is 0 Å². The summed E-state index contributed by atoms with van der Waals surface area (Å²) in [4.78, 5) is 0. The summed E-state index contributed by atoms with van der Waals surface area (Å²) in [7, 11) is 0. The Morgan fingerprint density at radius 2 is 0.607 bits per heavy atom. The van der Waals surface area contributed by atoms with Gasteiger partial charge in [0.15, 0.2) is 0 Å². The third-order valence-electron chi connectivity index (χ3n) is 6.71. The molecule has 0 saturated heterocycles. The molecule has 28 heavy (non-hydrogen) atoms. The Hall–Kier alpha value is -0.209. The predicted octanol–water partition coefficient (Wildman–Crippen LogP) is 8.17. The molecule has 1 heteroatoms. The third-order valence-corrected chi connectivity index (χ3v) is 6.71. The fourth-order valence-corrected chi connectivity index (χ4v) is 3.49. The van der Waals surface area contributed by atoms with Crippen LogP contribution in [0.25, 0.3) is 0 Å². The van der Waals surface area contributed by atoms with Crippen molar-refractivity contribution in [3.8, 4) is 0 Å². The quantitative estimate of drug-likeness (QED) is 0.290. The smallest absolute Gasteiger partial charge is 0.266 e. The zero-order valence-corrected chi connectivity index (χ0v) is 23.4. The van der Waals surface area contributed by atoms with Crippen LogP contribution < -0.4 is 0 Å². The maximum atomic E-state index is 3.36. The Morgan fingerprint density at radius 3 is 0.643 bits per heavy atom. The first-order valence-corrected chi connectivity index (χ1v) is 10.2. The second kappa shape index (κ2) is 11.8. The molecule has 0 amide bonds. The summed E-state index contributed by atoms with van der Waals surface area (Å²) in [5.74, 6) is 1.68. The van der Waals surface area contributed by atoms with E-state index in [1.807, 2.05) is 0 Å². The molecule has 0 aliphatic heterocycles. The number of rotatable bonds is 0. The van der Waals surface area contributed by atoms with Crippen molar-refractivity contribution in [1.29, 1.82) is 0 Å². The van der Waals surface area contributed by atoms with Gasteiger partial charge >= 0.3 is 40.8 Å². The van der Waals surface area contributed by atoms with Crippen LogP contribution in [0, 0.1) is 76.8 Å². The molecule has 0 nitrogen and oxygen atoms in total. The van der Waals surface area contributed by atoms with Gasteiger partial charge in [0.1, 0.15) is 0 Å². The molecule has 0 fully saturated rings. The second-order valence-corrected chi connectivity index (χ2v) is 8.40. The Labute approximate surface area is 208 Å². The topological polar surface area (TPSA) is 0 Å². The monoisotopic (exact) mass is 505 g/mol. The van der Waals surface area contributed by atoms with Crippen molar-refractivity contribution in [2.75, 3.05) is 0 Å². The van der Waals surface area contributed by atoms with Crippen molar-refractivity contribution < 1.29 is 40.8 Å². The Bertz CT molecular complexity index is 657. The van der Waals surface area contributed by atoms with Gasteiger partial charge in [0.25, 0.3) is 0 Å². The number of hydrogen-bond acceptors (Lipinski definition) is 0. The van der Waals surface area contributed by atoms with Crippen LogP contribution in [0.3, 0.4) is 0 Å². The van der Waals surface area contributed by atoms with E-state index in [-0.39, 0.29) is 40.8 Å². The van der Waals surface area contributed by atoms with E-state index in [1.54, 1.807) is 0 Å². The molecule has 0 spiro atoms. The molecule has 0 aromatic carbocycles. The van der Waals surface area contributed by atoms with Gasteiger partial charge in [0.2, 0.25) is 0 Å². The van der Waals surface area contributed by atoms with Crippen molar-refractivity contribution in [3.63, 3.8) is 0 Å². The maximum absolute atomic E-state index is 3.36. The van der Waals surface area contributed by atoms with Gasteiger partial charge in [-0.25, -0.2) is 16.7 Å². The molecule has 3 aliphatic rings. The van der Waals surface area contributed by atoms with E-state index >= 15 is 0 Å². The van der Waals surface area contributed by atoms with Gasteiger partial charge in [-0.05, 0) is 0 Å². The Balaban J connectivity index is 0.000000384. The molecule has 3 aliphatic carbocycles. The minimum atomic E-state index is 0. The van der Waals surface area contributed by atoms with E-state index in [1.165, 1.54) is 50.2 Å². The molecular weight excluding hydrogens is 469 g/mol. The minimum absolute atomic E-state index is 0. The van der Waals surface area contributed by atoms with Crippen LogP contribution in [0.1, 0.15) is 83.1 Å². The number of allylic oxidation sites excluding steroid dienone is 12. The first-order chi connectivity index (χ1) is 12.4. The second-order valence-electron chi connectivity index (χ2n) is 8.40. The summed E-state index contributed by atoms with van der Waals surface area (Å²) in [6.07, 6.45) is 10.1. The molecule has 151 valence electrons. The molecule has 0 bridgehead atoms. The zero-order valence-electron chi connectivity index (χ0n) is 20.2. The van der Waals surface area contributed by atoms with Crippen molar-refractivity contribution in [3.05, 3.63) is 68.4 Å². The van der Waals surface area contributed by atoms with Crippen LogP contribution >= 0.6 is 0 Å². The normalized spacial score (nSPS) is 26.1. The molecular formula is C27H39Nd. The van der Waals surface area contributed by atoms with Gasteiger partial charge in [-0.2, -0.15) is 33.4 Å². The third kappa shape index (κ3) is 6.94. The van der Waals surface area contributed by atoms with Crippen molar-refractivity contribution in [2.45, 2.75) is 83.1 Å². The predicted molar refractivity (Wildman–Crippen MR) is 120 cm³/mol. The molecule has 1 radical (unpaired) electrons. The van der Waals surface area contributed by atoms with Crippen LogP contribution in [0.5, 0.6) is 0 Å². The van der Waals surface area contributed by atoms with Crippen LogP contribution in [0.15, 0.2) is 50.2 Å². The largest absolute Gasteiger partial charge is 3.00 e. The fourth-order valence-electron chi connectivity index (χ4n) is 3.49. The molecule has 0 heterocycles. The van der Waals surface area contributed by atoms with Crippen LogP contribution in [0.4, 0.5) is 0 Å². The van der Waals surface area contributed by atoms with Crippen LogP contribution in [0.2, 0.25) is 0 Å². The molecule has 0 aromatic heterocycles. The molecule has 0 saturated carbocycles. The van der Waals surface area contributed by atoms with Gasteiger partial charge < -0.3 is 0 Å². The zero-order chi connectivity index (χ0) is 21.0. The summed E-state index contributed by atoms with van der Waals surface area (Å²) in [6.45, 7) is 26.0. The summed E-state index contributed by atoms with van der Waals surface area (Å²) in [6, 6.07) is 0. The summed E-state index contributed by atoms with van der Waals surface area (Å²) in [5.41, 5.74) is 12.7. The van der Waals surface area contributed by atoms with E-state index in [0.717, 1.165) is 0 Å². The van der Waals surface area contributed by atoms with Crippen LogP contribution in [-0.2, 0) is 0 Å². The van der Waals surface area contributed by atoms with Crippen molar-refractivity contribution in [2.24, 2.45) is 17.8 Å². The average molecular weight is 508 g/mol. The summed E-state index contributed by atoms with van der Waals surface area (Å²) in [5, 5.41) is 0. The van der Waals surface area contributed by atoms with E-state index in [2.05, 4.69) is 101 Å². The molecule has 3 atom stereocenters. The van der Waals surface area contributed by atoms with Gasteiger partial charge in [-0.1, -0.05) is 80.1 Å². The van der Waals surface area contributed by atoms with E-state index in [0.29, 0.717) is 17.8 Å². The van der Waals surface area contributed by atoms with Crippen molar-refractivity contribution >= 4 is 0 Å². The SMILES string of the molecule is CC1=[C-]C(C)C(C)=C1C.CC1=[C-]C(C)C(C)=C1C.CC1=[C-]C(C)C(C)=C1C.[Nd+3].